The molecule has 1 rings (SSSR count). The van der Waals surface area contributed by atoms with Crippen molar-refractivity contribution >= 4 is 5.91 Å². The van der Waals surface area contributed by atoms with Gasteiger partial charge in [-0.2, -0.15) is 0 Å². The van der Waals surface area contributed by atoms with Gasteiger partial charge in [0.05, 0.1) is 0 Å². The number of aliphatic hydroxyl groups is 1. The first-order valence-corrected chi connectivity index (χ1v) is 7.82. The first-order chi connectivity index (χ1) is 9.51. The smallest absolute Gasteiger partial charge is 0.216 e. The molecule has 1 fully saturated rings. The fourth-order valence-electron chi connectivity index (χ4n) is 2.82. The lowest BCUT2D eigenvalue weighted by molar-refractivity contribution is -0.119. The zero-order valence-electron chi connectivity index (χ0n) is 13.2. The number of hydrogen-bond acceptors (Lipinski definition) is 4. The van der Waals surface area contributed by atoms with Gasteiger partial charge >= 0.3 is 0 Å². The summed E-state index contributed by atoms with van der Waals surface area (Å²) in [7, 11) is 0. The van der Waals surface area contributed by atoms with E-state index in [1.807, 2.05) is 0 Å². The fraction of sp³-hybridized carbons (Fsp3) is 0.933. The molecule has 5 heteroatoms. The molecule has 0 aromatic heterocycles. The van der Waals surface area contributed by atoms with Crippen molar-refractivity contribution in [1.82, 2.24) is 15.5 Å². The lowest BCUT2D eigenvalue weighted by Gasteiger charge is -2.38. The quantitative estimate of drug-likeness (QED) is 0.605. The number of rotatable bonds is 8. The van der Waals surface area contributed by atoms with E-state index in [1.165, 1.54) is 0 Å². The number of piperidine rings is 1. The summed E-state index contributed by atoms with van der Waals surface area (Å²) in [5, 5.41) is 15.6. The molecule has 0 spiro atoms. The molecule has 0 bridgehead atoms. The summed E-state index contributed by atoms with van der Waals surface area (Å²) >= 11 is 0. The monoisotopic (exact) mass is 285 g/mol. The van der Waals surface area contributed by atoms with Crippen LogP contribution in [0.4, 0.5) is 0 Å². The van der Waals surface area contributed by atoms with Gasteiger partial charge < -0.3 is 15.7 Å². The summed E-state index contributed by atoms with van der Waals surface area (Å²) in [4.78, 5) is 13.3. The number of amides is 1. The molecule has 20 heavy (non-hydrogen) atoms. The van der Waals surface area contributed by atoms with Gasteiger partial charge in [-0.05, 0) is 31.2 Å². The zero-order valence-corrected chi connectivity index (χ0v) is 13.2. The molecular formula is C15H31N3O2. The van der Waals surface area contributed by atoms with Crippen LogP contribution in [-0.4, -0.2) is 61.3 Å². The van der Waals surface area contributed by atoms with E-state index in [0.717, 1.165) is 39.0 Å². The van der Waals surface area contributed by atoms with Gasteiger partial charge in [-0.1, -0.05) is 13.8 Å². The summed E-state index contributed by atoms with van der Waals surface area (Å²) in [6.07, 6.45) is 2.01. The van der Waals surface area contributed by atoms with E-state index in [0.29, 0.717) is 24.4 Å². The van der Waals surface area contributed by atoms with E-state index in [2.05, 4.69) is 29.4 Å². The summed E-state index contributed by atoms with van der Waals surface area (Å²) in [5.41, 5.74) is 0. The Balaban J connectivity index is 2.40. The molecule has 1 amide bonds. The van der Waals surface area contributed by atoms with Crippen molar-refractivity contribution in [2.24, 2.45) is 11.8 Å². The number of aliphatic hydroxyl groups excluding tert-OH is 1. The van der Waals surface area contributed by atoms with Crippen molar-refractivity contribution in [2.45, 2.75) is 39.7 Å². The third-order valence-corrected chi connectivity index (χ3v) is 3.77. The minimum absolute atomic E-state index is 0.0309. The van der Waals surface area contributed by atoms with Gasteiger partial charge in [-0.15, -0.1) is 0 Å². The van der Waals surface area contributed by atoms with Crippen molar-refractivity contribution in [1.29, 1.82) is 0 Å². The van der Waals surface area contributed by atoms with Gasteiger partial charge in [-0.3, -0.25) is 9.69 Å². The Bertz CT molecular complexity index is 284. The largest absolute Gasteiger partial charge is 0.396 e. The normalized spacial score (nSPS) is 24.1. The molecule has 0 saturated carbocycles. The van der Waals surface area contributed by atoms with Crippen LogP contribution >= 0.6 is 0 Å². The predicted molar refractivity (Wildman–Crippen MR) is 81.6 cm³/mol. The van der Waals surface area contributed by atoms with Gasteiger partial charge in [0.25, 0.3) is 0 Å². The molecule has 1 heterocycles. The number of nitrogens with one attached hydrogen (secondary N) is 2. The number of carbonyl (C=O) groups excluding carboxylic acids is 1. The Hall–Kier alpha value is -0.650. The van der Waals surface area contributed by atoms with Crippen LogP contribution in [0, 0.1) is 11.8 Å². The van der Waals surface area contributed by atoms with Crippen molar-refractivity contribution in [3.05, 3.63) is 0 Å². The number of hydrogen-bond donors (Lipinski definition) is 3. The second-order valence-corrected chi connectivity index (χ2v) is 6.36. The van der Waals surface area contributed by atoms with Crippen LogP contribution in [0.1, 0.15) is 33.6 Å². The second-order valence-electron chi connectivity index (χ2n) is 6.36. The van der Waals surface area contributed by atoms with E-state index in [1.54, 1.807) is 6.92 Å². The second kappa shape index (κ2) is 9.32. The summed E-state index contributed by atoms with van der Waals surface area (Å²) in [6, 6.07) is 0.500. The summed E-state index contributed by atoms with van der Waals surface area (Å²) in [5.74, 6) is 1.24. The van der Waals surface area contributed by atoms with E-state index >= 15 is 0 Å². The van der Waals surface area contributed by atoms with Crippen LogP contribution < -0.4 is 10.6 Å². The SMILES string of the molecule is CC(=O)NCCN1CC(CCO)CC(NCC(C)C)C1. The minimum atomic E-state index is 0.0309. The first-order valence-electron chi connectivity index (χ1n) is 7.82. The van der Waals surface area contributed by atoms with Crippen molar-refractivity contribution in [3.63, 3.8) is 0 Å². The highest BCUT2D eigenvalue weighted by atomic mass is 16.3. The highest BCUT2D eigenvalue weighted by molar-refractivity contribution is 5.72. The Labute approximate surface area is 123 Å². The molecule has 1 aliphatic heterocycles. The van der Waals surface area contributed by atoms with Crippen LogP contribution in [0.25, 0.3) is 0 Å². The van der Waals surface area contributed by atoms with Crippen LogP contribution in [0.15, 0.2) is 0 Å². The van der Waals surface area contributed by atoms with Gasteiger partial charge in [0.1, 0.15) is 0 Å². The first kappa shape index (κ1) is 17.4. The molecule has 2 unspecified atom stereocenters. The van der Waals surface area contributed by atoms with Gasteiger partial charge in [0.2, 0.25) is 5.91 Å². The molecular weight excluding hydrogens is 254 g/mol. The predicted octanol–water partition coefficient (Wildman–Crippen LogP) is 0.441. The van der Waals surface area contributed by atoms with Gasteiger partial charge in [0, 0.05) is 45.8 Å². The molecule has 0 aromatic rings. The van der Waals surface area contributed by atoms with Crippen LogP contribution in [-0.2, 0) is 4.79 Å². The van der Waals surface area contributed by atoms with Gasteiger partial charge in [0.15, 0.2) is 0 Å². The third-order valence-electron chi connectivity index (χ3n) is 3.77. The maximum Gasteiger partial charge on any atom is 0.216 e. The van der Waals surface area contributed by atoms with E-state index in [9.17, 15) is 4.79 Å². The number of carbonyl (C=O) groups is 1. The van der Waals surface area contributed by atoms with E-state index in [-0.39, 0.29) is 12.5 Å². The van der Waals surface area contributed by atoms with Crippen molar-refractivity contribution in [2.75, 3.05) is 39.3 Å². The number of likely N-dealkylation sites (tertiary alicyclic amines) is 1. The number of nitrogens with zero attached hydrogens (tertiary/aromatic N) is 1. The maximum atomic E-state index is 10.9. The van der Waals surface area contributed by atoms with Gasteiger partial charge in [-0.25, -0.2) is 0 Å². The van der Waals surface area contributed by atoms with Crippen molar-refractivity contribution < 1.29 is 9.90 Å². The molecule has 118 valence electrons. The molecule has 0 aromatic carbocycles. The van der Waals surface area contributed by atoms with Crippen molar-refractivity contribution in [3.8, 4) is 0 Å². The summed E-state index contributed by atoms with van der Waals surface area (Å²) < 4.78 is 0. The molecule has 3 N–H and O–H groups in total. The molecule has 2 atom stereocenters. The van der Waals surface area contributed by atoms with Crippen LogP contribution in [0.2, 0.25) is 0 Å². The molecule has 5 nitrogen and oxygen atoms in total. The highest BCUT2D eigenvalue weighted by Crippen LogP contribution is 2.19. The van der Waals surface area contributed by atoms with Crippen LogP contribution in [0.3, 0.4) is 0 Å². The minimum Gasteiger partial charge on any atom is -0.396 e. The lowest BCUT2D eigenvalue weighted by atomic mass is 9.91. The molecule has 0 aliphatic carbocycles. The average molecular weight is 285 g/mol. The lowest BCUT2D eigenvalue weighted by Crippen LogP contribution is -2.51. The third kappa shape index (κ3) is 7.22. The van der Waals surface area contributed by atoms with E-state index in [4.69, 9.17) is 5.11 Å². The Morgan fingerprint density at radius 2 is 2.15 bits per heavy atom. The average Bonchev–Trinajstić information content (AvgIpc) is 2.36. The molecule has 1 saturated heterocycles. The Morgan fingerprint density at radius 3 is 2.75 bits per heavy atom. The summed E-state index contributed by atoms with van der Waals surface area (Å²) in [6.45, 7) is 11.0. The maximum absolute atomic E-state index is 10.9. The topological polar surface area (TPSA) is 64.6 Å². The van der Waals surface area contributed by atoms with E-state index < -0.39 is 0 Å². The standard InChI is InChI=1S/C15H31N3O2/c1-12(2)9-17-15-8-14(4-7-19)10-18(11-15)6-5-16-13(3)20/h12,14-15,17,19H,4-11H2,1-3H3,(H,16,20). The zero-order chi connectivity index (χ0) is 15.0. The Morgan fingerprint density at radius 1 is 1.40 bits per heavy atom. The molecule has 0 radical (unpaired) electrons. The fourth-order valence-corrected chi connectivity index (χ4v) is 2.82. The van der Waals surface area contributed by atoms with Crippen LogP contribution in [0.5, 0.6) is 0 Å². The Kier molecular flexibility index (Phi) is 8.11. The molecule has 1 aliphatic rings. The highest BCUT2D eigenvalue weighted by Gasteiger charge is 2.26.